The van der Waals surface area contributed by atoms with Crippen LogP contribution in [0.25, 0.3) is 11.1 Å². The van der Waals surface area contributed by atoms with E-state index in [4.69, 9.17) is 16.3 Å². The quantitative estimate of drug-likeness (QED) is 0.867. The smallest absolute Gasteiger partial charge is 0.138 e. The molecule has 0 saturated heterocycles. The van der Waals surface area contributed by atoms with Gasteiger partial charge in [0.15, 0.2) is 0 Å². The number of nitrogens with one attached hydrogen (secondary N) is 1. The Hall–Kier alpha value is -1.48. The zero-order valence-electron chi connectivity index (χ0n) is 8.33. The van der Waals surface area contributed by atoms with Gasteiger partial charge in [0.05, 0.1) is 17.8 Å². The van der Waals surface area contributed by atoms with Crippen LogP contribution in [0.3, 0.4) is 0 Å². The lowest BCUT2D eigenvalue weighted by atomic mass is 10.1. The molecule has 1 aromatic heterocycles. The number of hydrogen-bond acceptors (Lipinski definition) is 2. The van der Waals surface area contributed by atoms with Crippen molar-refractivity contribution < 1.29 is 4.74 Å². The zero-order valence-corrected chi connectivity index (χ0v) is 9.08. The van der Waals surface area contributed by atoms with Crippen molar-refractivity contribution in [2.24, 2.45) is 0 Å². The standard InChI is InChI=1S/C11H11ClN2O/c1-2-15-11-5-8(3-4-10(11)12)9-6-13-14-7-9/h3-7H,2H2,1H3,(H,13,14). The van der Waals surface area contributed by atoms with Crippen molar-refractivity contribution >= 4 is 11.6 Å². The van der Waals surface area contributed by atoms with Crippen LogP contribution in [0.1, 0.15) is 6.92 Å². The molecule has 0 aliphatic rings. The molecule has 0 fully saturated rings. The fourth-order valence-electron chi connectivity index (χ4n) is 1.36. The molecule has 4 heteroatoms. The number of hydrogen-bond donors (Lipinski definition) is 1. The average Bonchev–Trinajstić information content (AvgIpc) is 2.75. The van der Waals surface area contributed by atoms with Crippen LogP contribution < -0.4 is 4.74 Å². The van der Waals surface area contributed by atoms with E-state index in [1.54, 1.807) is 6.20 Å². The third-order valence-corrected chi connectivity index (χ3v) is 2.37. The van der Waals surface area contributed by atoms with E-state index in [9.17, 15) is 0 Å². The van der Waals surface area contributed by atoms with Gasteiger partial charge in [-0.05, 0) is 24.6 Å². The van der Waals surface area contributed by atoms with Crippen molar-refractivity contribution in [3.63, 3.8) is 0 Å². The monoisotopic (exact) mass is 222 g/mol. The van der Waals surface area contributed by atoms with E-state index < -0.39 is 0 Å². The SMILES string of the molecule is CCOc1cc(-c2cn[nH]c2)ccc1Cl. The minimum absolute atomic E-state index is 0.606. The Bertz CT molecular complexity index is 440. The van der Waals surface area contributed by atoms with Gasteiger partial charge in [-0.25, -0.2) is 0 Å². The summed E-state index contributed by atoms with van der Waals surface area (Å²) in [5.41, 5.74) is 2.06. The summed E-state index contributed by atoms with van der Waals surface area (Å²) in [4.78, 5) is 0. The van der Waals surface area contributed by atoms with Crippen LogP contribution in [0, 0.1) is 0 Å². The van der Waals surface area contributed by atoms with Crippen molar-refractivity contribution in [2.45, 2.75) is 6.92 Å². The molecule has 2 aromatic rings. The molecule has 0 unspecified atom stereocenters. The molecular formula is C11H11ClN2O. The lowest BCUT2D eigenvalue weighted by molar-refractivity contribution is 0.340. The van der Waals surface area contributed by atoms with E-state index in [1.807, 2.05) is 31.3 Å². The first-order chi connectivity index (χ1) is 7.31. The number of rotatable bonds is 3. The van der Waals surface area contributed by atoms with Crippen molar-refractivity contribution in [1.82, 2.24) is 10.2 Å². The Kier molecular flexibility index (Phi) is 2.92. The number of H-pyrrole nitrogens is 1. The molecule has 2 rings (SSSR count). The topological polar surface area (TPSA) is 37.9 Å². The van der Waals surface area contributed by atoms with E-state index in [2.05, 4.69) is 10.2 Å². The number of aromatic amines is 1. The van der Waals surface area contributed by atoms with Gasteiger partial charge in [0.2, 0.25) is 0 Å². The van der Waals surface area contributed by atoms with E-state index in [0.29, 0.717) is 17.4 Å². The molecule has 0 aliphatic carbocycles. The van der Waals surface area contributed by atoms with E-state index in [-0.39, 0.29) is 0 Å². The van der Waals surface area contributed by atoms with Gasteiger partial charge in [0.25, 0.3) is 0 Å². The molecule has 3 nitrogen and oxygen atoms in total. The summed E-state index contributed by atoms with van der Waals surface area (Å²) in [7, 11) is 0. The Labute approximate surface area is 93.0 Å². The number of aromatic nitrogens is 2. The predicted octanol–water partition coefficient (Wildman–Crippen LogP) is 3.13. The van der Waals surface area contributed by atoms with Gasteiger partial charge < -0.3 is 4.74 Å². The number of halogens is 1. The maximum atomic E-state index is 5.99. The Morgan fingerprint density at radius 1 is 1.40 bits per heavy atom. The highest BCUT2D eigenvalue weighted by molar-refractivity contribution is 6.32. The molecule has 0 aliphatic heterocycles. The zero-order chi connectivity index (χ0) is 10.7. The minimum atomic E-state index is 0.606. The number of ether oxygens (including phenoxy) is 1. The Balaban J connectivity index is 2.38. The van der Waals surface area contributed by atoms with Crippen molar-refractivity contribution in [1.29, 1.82) is 0 Å². The molecule has 15 heavy (non-hydrogen) atoms. The van der Waals surface area contributed by atoms with Gasteiger partial charge in [-0.2, -0.15) is 5.10 Å². The van der Waals surface area contributed by atoms with Crippen LogP contribution >= 0.6 is 11.6 Å². The fourth-order valence-corrected chi connectivity index (χ4v) is 1.53. The molecule has 0 amide bonds. The first kappa shape index (κ1) is 10.1. The molecule has 78 valence electrons. The summed E-state index contributed by atoms with van der Waals surface area (Å²) in [6.07, 6.45) is 3.60. The van der Waals surface area contributed by atoms with Gasteiger partial charge in [0.1, 0.15) is 5.75 Å². The van der Waals surface area contributed by atoms with Gasteiger partial charge in [0, 0.05) is 11.8 Å². The summed E-state index contributed by atoms with van der Waals surface area (Å²) >= 11 is 5.99. The second-order valence-corrected chi connectivity index (χ2v) is 3.47. The maximum Gasteiger partial charge on any atom is 0.138 e. The van der Waals surface area contributed by atoms with Crippen LogP contribution in [0.15, 0.2) is 30.6 Å². The first-order valence-corrected chi connectivity index (χ1v) is 5.10. The third-order valence-electron chi connectivity index (χ3n) is 2.06. The maximum absolute atomic E-state index is 5.99. The lowest BCUT2D eigenvalue weighted by Gasteiger charge is -2.06. The third kappa shape index (κ3) is 2.13. The Morgan fingerprint density at radius 3 is 2.93 bits per heavy atom. The molecule has 1 aromatic carbocycles. The highest BCUT2D eigenvalue weighted by Gasteiger charge is 2.04. The lowest BCUT2D eigenvalue weighted by Crippen LogP contribution is -1.92. The molecule has 1 heterocycles. The summed E-state index contributed by atoms with van der Waals surface area (Å²) < 4.78 is 5.41. The van der Waals surface area contributed by atoms with Crippen molar-refractivity contribution in [2.75, 3.05) is 6.61 Å². The largest absolute Gasteiger partial charge is 0.492 e. The van der Waals surface area contributed by atoms with Crippen LogP contribution in [0.2, 0.25) is 5.02 Å². The van der Waals surface area contributed by atoms with Crippen LogP contribution in [-0.4, -0.2) is 16.8 Å². The molecule has 1 N–H and O–H groups in total. The summed E-state index contributed by atoms with van der Waals surface area (Å²) in [6, 6.07) is 5.68. The van der Waals surface area contributed by atoms with Gasteiger partial charge in [-0.15, -0.1) is 0 Å². The average molecular weight is 223 g/mol. The highest BCUT2D eigenvalue weighted by Crippen LogP contribution is 2.30. The molecule has 0 bridgehead atoms. The van der Waals surface area contributed by atoms with E-state index in [1.165, 1.54) is 0 Å². The van der Waals surface area contributed by atoms with E-state index in [0.717, 1.165) is 11.1 Å². The van der Waals surface area contributed by atoms with Crippen LogP contribution in [0.5, 0.6) is 5.75 Å². The summed E-state index contributed by atoms with van der Waals surface area (Å²) in [5, 5.41) is 7.30. The summed E-state index contributed by atoms with van der Waals surface area (Å²) in [5.74, 6) is 0.706. The molecule has 0 spiro atoms. The number of benzene rings is 1. The van der Waals surface area contributed by atoms with Gasteiger partial charge in [-0.3, -0.25) is 5.10 Å². The van der Waals surface area contributed by atoms with Gasteiger partial charge >= 0.3 is 0 Å². The van der Waals surface area contributed by atoms with Crippen molar-refractivity contribution in [3.8, 4) is 16.9 Å². The Morgan fingerprint density at radius 2 is 2.27 bits per heavy atom. The minimum Gasteiger partial charge on any atom is -0.492 e. The predicted molar refractivity (Wildman–Crippen MR) is 60.2 cm³/mol. The van der Waals surface area contributed by atoms with Crippen molar-refractivity contribution in [3.05, 3.63) is 35.6 Å². The molecular weight excluding hydrogens is 212 g/mol. The number of nitrogens with zero attached hydrogens (tertiary/aromatic N) is 1. The molecule has 0 radical (unpaired) electrons. The first-order valence-electron chi connectivity index (χ1n) is 4.72. The molecule has 0 atom stereocenters. The molecule has 0 saturated carbocycles. The highest BCUT2D eigenvalue weighted by atomic mass is 35.5. The van der Waals surface area contributed by atoms with Gasteiger partial charge in [-0.1, -0.05) is 17.7 Å². The normalized spacial score (nSPS) is 10.3. The summed E-state index contributed by atoms with van der Waals surface area (Å²) in [6.45, 7) is 2.54. The second kappa shape index (κ2) is 4.36. The van der Waals surface area contributed by atoms with E-state index >= 15 is 0 Å². The second-order valence-electron chi connectivity index (χ2n) is 3.07. The van der Waals surface area contributed by atoms with Crippen LogP contribution in [0.4, 0.5) is 0 Å². The fraction of sp³-hybridized carbons (Fsp3) is 0.182. The van der Waals surface area contributed by atoms with Crippen LogP contribution in [-0.2, 0) is 0 Å².